The Morgan fingerprint density at radius 3 is 2.10 bits per heavy atom. The molecule has 0 fully saturated rings. The van der Waals surface area contributed by atoms with Crippen LogP contribution in [0.15, 0.2) is 0 Å². The molecule has 0 unspecified atom stereocenters. The molecule has 0 heterocycles. The van der Waals surface area contributed by atoms with E-state index in [1.807, 2.05) is 6.92 Å². The first-order valence-electron chi connectivity index (χ1n) is 4.38. The summed E-state index contributed by atoms with van der Waals surface area (Å²) in [7, 11) is 0. The molecule has 0 spiro atoms. The van der Waals surface area contributed by atoms with Crippen molar-refractivity contribution >= 4 is 0 Å². The van der Waals surface area contributed by atoms with Crippen molar-refractivity contribution in [3.05, 3.63) is 0 Å². The summed E-state index contributed by atoms with van der Waals surface area (Å²) in [5, 5.41) is 9.20. The average Bonchev–Trinajstić information content (AvgIpc) is 1.99. The summed E-state index contributed by atoms with van der Waals surface area (Å²) in [5.74, 6) is 0.779. The molecule has 0 amide bonds. The van der Waals surface area contributed by atoms with Gasteiger partial charge in [0, 0.05) is 0 Å². The lowest BCUT2D eigenvalue weighted by Crippen LogP contribution is -2.06. The van der Waals surface area contributed by atoms with Crippen LogP contribution in [-0.2, 0) is 0 Å². The highest BCUT2D eigenvalue weighted by molar-refractivity contribution is 4.56. The number of aliphatic hydroxyl groups is 1. The largest absolute Gasteiger partial charge is 0.393 e. The van der Waals surface area contributed by atoms with Gasteiger partial charge < -0.3 is 5.11 Å². The molecule has 0 aliphatic carbocycles. The number of aliphatic hydroxyl groups excluding tert-OH is 1. The topological polar surface area (TPSA) is 20.2 Å². The summed E-state index contributed by atoms with van der Waals surface area (Å²) in [6, 6.07) is 0. The van der Waals surface area contributed by atoms with Gasteiger partial charge in [0.15, 0.2) is 0 Å². The first kappa shape index (κ1) is 9.96. The summed E-state index contributed by atoms with van der Waals surface area (Å²) in [6.45, 7) is 6.46. The first-order chi connectivity index (χ1) is 4.70. The molecule has 1 nitrogen and oxygen atoms in total. The van der Waals surface area contributed by atoms with Crippen LogP contribution in [-0.4, -0.2) is 11.2 Å². The SMILES string of the molecule is CC[C@@H](C)CC[C@H](O)CC. The Labute approximate surface area is 64.5 Å². The second-order valence-corrected chi connectivity index (χ2v) is 3.15. The predicted molar refractivity (Wildman–Crippen MR) is 45.0 cm³/mol. The van der Waals surface area contributed by atoms with Gasteiger partial charge in [-0.2, -0.15) is 0 Å². The fourth-order valence-electron chi connectivity index (χ4n) is 0.885. The second kappa shape index (κ2) is 5.72. The van der Waals surface area contributed by atoms with Crippen LogP contribution in [0.1, 0.15) is 46.5 Å². The third kappa shape index (κ3) is 4.80. The highest BCUT2D eigenvalue weighted by atomic mass is 16.3. The minimum atomic E-state index is -0.0611. The van der Waals surface area contributed by atoms with E-state index in [0.717, 1.165) is 18.8 Å². The van der Waals surface area contributed by atoms with E-state index in [0.29, 0.717) is 0 Å². The maximum absolute atomic E-state index is 9.20. The Hall–Kier alpha value is -0.0400. The fraction of sp³-hybridized carbons (Fsp3) is 1.00. The Balaban J connectivity index is 3.17. The van der Waals surface area contributed by atoms with Crippen LogP contribution >= 0.6 is 0 Å². The molecular formula is C9H20O. The molecule has 0 saturated heterocycles. The summed E-state index contributed by atoms with van der Waals surface area (Å²) >= 11 is 0. The maximum atomic E-state index is 9.20. The minimum Gasteiger partial charge on any atom is -0.393 e. The minimum absolute atomic E-state index is 0.0611. The number of hydrogen-bond acceptors (Lipinski definition) is 1. The summed E-state index contributed by atoms with van der Waals surface area (Å²) in [5.41, 5.74) is 0. The van der Waals surface area contributed by atoms with Gasteiger partial charge in [0.25, 0.3) is 0 Å². The lowest BCUT2D eigenvalue weighted by Gasteiger charge is -2.10. The van der Waals surface area contributed by atoms with Gasteiger partial charge >= 0.3 is 0 Å². The summed E-state index contributed by atoms with van der Waals surface area (Å²) < 4.78 is 0. The van der Waals surface area contributed by atoms with Crippen molar-refractivity contribution in [2.75, 3.05) is 0 Å². The summed E-state index contributed by atoms with van der Waals surface area (Å²) in [6.07, 6.45) is 4.22. The van der Waals surface area contributed by atoms with Crippen LogP contribution in [0.3, 0.4) is 0 Å². The van der Waals surface area contributed by atoms with Gasteiger partial charge in [-0.1, -0.05) is 27.2 Å². The van der Waals surface area contributed by atoms with Gasteiger partial charge in [0.2, 0.25) is 0 Å². The average molecular weight is 144 g/mol. The van der Waals surface area contributed by atoms with Crippen LogP contribution in [0.5, 0.6) is 0 Å². The van der Waals surface area contributed by atoms with E-state index in [1.165, 1.54) is 12.8 Å². The van der Waals surface area contributed by atoms with Crippen LogP contribution in [0.4, 0.5) is 0 Å². The molecule has 0 bridgehead atoms. The van der Waals surface area contributed by atoms with E-state index in [9.17, 15) is 5.11 Å². The van der Waals surface area contributed by atoms with Gasteiger partial charge in [0.1, 0.15) is 0 Å². The van der Waals surface area contributed by atoms with Crippen molar-refractivity contribution in [3.63, 3.8) is 0 Å². The molecule has 2 atom stereocenters. The molecule has 0 aromatic rings. The molecule has 1 N–H and O–H groups in total. The molecule has 0 aromatic heterocycles. The third-order valence-electron chi connectivity index (χ3n) is 2.16. The van der Waals surface area contributed by atoms with Crippen LogP contribution in [0.2, 0.25) is 0 Å². The zero-order valence-corrected chi connectivity index (χ0v) is 7.43. The van der Waals surface area contributed by atoms with Crippen molar-refractivity contribution in [2.24, 2.45) is 5.92 Å². The highest BCUT2D eigenvalue weighted by Crippen LogP contribution is 2.12. The lowest BCUT2D eigenvalue weighted by molar-refractivity contribution is 0.151. The van der Waals surface area contributed by atoms with Crippen molar-refractivity contribution in [3.8, 4) is 0 Å². The highest BCUT2D eigenvalue weighted by Gasteiger charge is 2.03. The quantitative estimate of drug-likeness (QED) is 0.628. The molecule has 0 rings (SSSR count). The van der Waals surface area contributed by atoms with Crippen LogP contribution < -0.4 is 0 Å². The van der Waals surface area contributed by atoms with E-state index in [2.05, 4.69) is 13.8 Å². The lowest BCUT2D eigenvalue weighted by atomic mass is 10.00. The molecule has 0 aromatic carbocycles. The van der Waals surface area contributed by atoms with Crippen molar-refractivity contribution in [1.29, 1.82) is 0 Å². The normalized spacial score (nSPS) is 16.8. The van der Waals surface area contributed by atoms with Gasteiger partial charge in [-0.25, -0.2) is 0 Å². The van der Waals surface area contributed by atoms with Gasteiger partial charge in [0.05, 0.1) is 6.10 Å². The molecular weight excluding hydrogens is 124 g/mol. The molecule has 0 radical (unpaired) electrons. The van der Waals surface area contributed by atoms with Crippen molar-refractivity contribution in [1.82, 2.24) is 0 Å². The van der Waals surface area contributed by atoms with Crippen molar-refractivity contribution < 1.29 is 5.11 Å². The fourth-order valence-corrected chi connectivity index (χ4v) is 0.885. The Morgan fingerprint density at radius 2 is 1.70 bits per heavy atom. The molecule has 0 aliphatic rings. The van der Waals surface area contributed by atoms with E-state index >= 15 is 0 Å². The Morgan fingerprint density at radius 1 is 1.10 bits per heavy atom. The monoisotopic (exact) mass is 144 g/mol. The van der Waals surface area contributed by atoms with Gasteiger partial charge in [-0.05, 0) is 25.2 Å². The number of rotatable bonds is 5. The third-order valence-corrected chi connectivity index (χ3v) is 2.16. The number of hydrogen-bond donors (Lipinski definition) is 1. The van der Waals surface area contributed by atoms with E-state index in [4.69, 9.17) is 0 Å². The molecule has 10 heavy (non-hydrogen) atoms. The molecule has 1 heteroatoms. The standard InChI is InChI=1S/C9H20O/c1-4-8(3)6-7-9(10)5-2/h8-10H,4-7H2,1-3H3/t8-,9-/m1/s1. The smallest absolute Gasteiger partial charge is 0.0537 e. The van der Waals surface area contributed by atoms with Gasteiger partial charge in [-0.3, -0.25) is 0 Å². The summed E-state index contributed by atoms with van der Waals surface area (Å²) in [4.78, 5) is 0. The molecule has 0 saturated carbocycles. The van der Waals surface area contributed by atoms with E-state index < -0.39 is 0 Å². The van der Waals surface area contributed by atoms with E-state index in [-0.39, 0.29) is 6.10 Å². The van der Waals surface area contributed by atoms with Crippen LogP contribution in [0.25, 0.3) is 0 Å². The zero-order valence-electron chi connectivity index (χ0n) is 7.43. The zero-order chi connectivity index (χ0) is 7.98. The predicted octanol–water partition coefficient (Wildman–Crippen LogP) is 2.58. The van der Waals surface area contributed by atoms with Crippen molar-refractivity contribution in [2.45, 2.75) is 52.6 Å². The Bertz CT molecular complexity index is 61.1. The molecule has 62 valence electrons. The van der Waals surface area contributed by atoms with Crippen LogP contribution in [0, 0.1) is 5.92 Å². The Kier molecular flexibility index (Phi) is 5.70. The maximum Gasteiger partial charge on any atom is 0.0537 e. The molecule has 0 aliphatic heterocycles. The first-order valence-corrected chi connectivity index (χ1v) is 4.38. The second-order valence-electron chi connectivity index (χ2n) is 3.15. The van der Waals surface area contributed by atoms with E-state index in [1.54, 1.807) is 0 Å². The van der Waals surface area contributed by atoms with Gasteiger partial charge in [-0.15, -0.1) is 0 Å².